The number of nitrogens with one attached hydrogen (secondary N) is 1. The van der Waals surface area contributed by atoms with Crippen molar-refractivity contribution in [2.24, 2.45) is 0 Å². The molecular weight excluding hydrogens is 400 g/mol. The normalized spacial score (nSPS) is 14.0. The first-order valence-electron chi connectivity index (χ1n) is 11.4. The highest BCUT2D eigenvalue weighted by molar-refractivity contribution is 5.92. The fourth-order valence-electron chi connectivity index (χ4n) is 3.95. The smallest absolute Gasteiger partial charge is 0.262 e. The quantitative estimate of drug-likeness (QED) is 0.565. The number of hydrogen-bond donors (Lipinski definition) is 1. The Hall–Kier alpha value is -3.41. The minimum atomic E-state index is -0.190. The van der Waals surface area contributed by atoms with Gasteiger partial charge in [-0.15, -0.1) is 10.2 Å². The van der Waals surface area contributed by atoms with Crippen LogP contribution in [0.1, 0.15) is 38.2 Å². The number of anilines is 2. The molecule has 2 aromatic carbocycles. The minimum absolute atomic E-state index is 0.0256. The Balaban J connectivity index is 1.33. The summed E-state index contributed by atoms with van der Waals surface area (Å²) in [5, 5.41) is 11.8. The van der Waals surface area contributed by atoms with Crippen LogP contribution < -0.4 is 15.0 Å². The van der Waals surface area contributed by atoms with Gasteiger partial charge in [-0.2, -0.15) is 0 Å². The van der Waals surface area contributed by atoms with Gasteiger partial charge in [-0.25, -0.2) is 0 Å². The fourth-order valence-corrected chi connectivity index (χ4v) is 3.95. The molecule has 1 N–H and O–H groups in total. The lowest BCUT2D eigenvalue weighted by Gasteiger charge is -2.20. The maximum atomic E-state index is 12.3. The molecule has 1 fully saturated rings. The van der Waals surface area contributed by atoms with Crippen molar-refractivity contribution in [3.05, 3.63) is 66.2 Å². The number of amides is 1. The molecule has 166 valence electrons. The summed E-state index contributed by atoms with van der Waals surface area (Å²) in [6, 6.07) is 19.5. The van der Waals surface area contributed by atoms with Crippen molar-refractivity contribution in [3.8, 4) is 17.0 Å². The van der Waals surface area contributed by atoms with E-state index in [2.05, 4.69) is 33.4 Å². The van der Waals surface area contributed by atoms with Gasteiger partial charge in [0.15, 0.2) is 12.4 Å². The van der Waals surface area contributed by atoms with E-state index >= 15 is 0 Å². The van der Waals surface area contributed by atoms with E-state index in [9.17, 15) is 4.79 Å². The van der Waals surface area contributed by atoms with E-state index in [1.807, 2.05) is 54.6 Å². The molecule has 0 atom stereocenters. The van der Waals surface area contributed by atoms with Crippen LogP contribution in [0.15, 0.2) is 60.7 Å². The van der Waals surface area contributed by atoms with Gasteiger partial charge in [0.25, 0.3) is 5.91 Å². The van der Waals surface area contributed by atoms with Crippen LogP contribution in [-0.4, -0.2) is 35.8 Å². The number of benzene rings is 2. The summed E-state index contributed by atoms with van der Waals surface area (Å²) in [4.78, 5) is 14.6. The van der Waals surface area contributed by atoms with Crippen molar-refractivity contribution in [3.63, 3.8) is 0 Å². The molecule has 1 aliphatic heterocycles. The summed E-state index contributed by atoms with van der Waals surface area (Å²) in [6.07, 6.45) is 5.88. The van der Waals surface area contributed by atoms with E-state index in [0.717, 1.165) is 53.6 Å². The van der Waals surface area contributed by atoms with E-state index < -0.39 is 0 Å². The first-order valence-corrected chi connectivity index (χ1v) is 11.4. The number of nitrogens with zero attached hydrogens (tertiary/aromatic N) is 3. The van der Waals surface area contributed by atoms with Crippen LogP contribution >= 0.6 is 0 Å². The van der Waals surface area contributed by atoms with Crippen LogP contribution in [0.4, 0.5) is 11.5 Å². The standard InChI is InChI=1S/C26H30N4O2/c1-2-20-9-5-6-10-24(20)32-19-26(31)27-22-13-11-21(12-14-22)23-15-16-25(29-28-23)30-17-7-3-4-8-18-30/h5-6,9-16H,2-4,7-8,17-19H2,1H3,(H,27,31). The third-order valence-electron chi connectivity index (χ3n) is 5.76. The topological polar surface area (TPSA) is 67.3 Å². The molecule has 0 saturated carbocycles. The van der Waals surface area contributed by atoms with Crippen molar-refractivity contribution < 1.29 is 9.53 Å². The lowest BCUT2D eigenvalue weighted by atomic mass is 10.1. The molecule has 1 amide bonds. The van der Waals surface area contributed by atoms with Crippen molar-refractivity contribution in [2.45, 2.75) is 39.0 Å². The van der Waals surface area contributed by atoms with Crippen molar-refractivity contribution in [1.29, 1.82) is 0 Å². The number of aryl methyl sites for hydroxylation is 1. The van der Waals surface area contributed by atoms with Gasteiger partial charge in [0.05, 0.1) is 5.69 Å². The summed E-state index contributed by atoms with van der Waals surface area (Å²) in [6.45, 7) is 4.14. The second-order valence-electron chi connectivity index (χ2n) is 8.05. The molecule has 32 heavy (non-hydrogen) atoms. The second kappa shape index (κ2) is 10.8. The van der Waals surface area contributed by atoms with Crippen molar-refractivity contribution in [1.82, 2.24) is 10.2 Å². The first-order chi connectivity index (χ1) is 15.7. The van der Waals surface area contributed by atoms with E-state index in [1.165, 1.54) is 25.7 Å². The van der Waals surface area contributed by atoms with Gasteiger partial charge in [0.1, 0.15) is 5.75 Å². The Morgan fingerprint density at radius 3 is 2.38 bits per heavy atom. The van der Waals surface area contributed by atoms with Gasteiger partial charge < -0.3 is 15.0 Å². The zero-order valence-corrected chi connectivity index (χ0v) is 18.6. The summed E-state index contributed by atoms with van der Waals surface area (Å²) in [5.41, 5.74) is 3.60. The molecule has 4 rings (SSSR count). The Morgan fingerprint density at radius 1 is 0.938 bits per heavy atom. The Kier molecular flexibility index (Phi) is 7.33. The fraction of sp³-hybridized carbons (Fsp3) is 0.346. The molecule has 0 spiro atoms. The average Bonchev–Trinajstić information content (AvgIpc) is 3.13. The van der Waals surface area contributed by atoms with E-state index in [-0.39, 0.29) is 12.5 Å². The molecule has 0 unspecified atom stereocenters. The van der Waals surface area contributed by atoms with E-state index in [4.69, 9.17) is 4.74 Å². The number of ether oxygens (including phenoxy) is 1. The minimum Gasteiger partial charge on any atom is -0.483 e. The molecule has 2 heterocycles. The predicted molar refractivity (Wildman–Crippen MR) is 128 cm³/mol. The predicted octanol–water partition coefficient (Wildman–Crippen LogP) is 5.10. The van der Waals surface area contributed by atoms with Gasteiger partial charge in [-0.05, 0) is 55.2 Å². The lowest BCUT2D eigenvalue weighted by molar-refractivity contribution is -0.118. The van der Waals surface area contributed by atoms with Crippen LogP contribution in [0.2, 0.25) is 0 Å². The van der Waals surface area contributed by atoms with Crippen LogP contribution in [0, 0.1) is 0 Å². The molecule has 0 bridgehead atoms. The highest BCUT2D eigenvalue weighted by Crippen LogP contribution is 2.22. The van der Waals surface area contributed by atoms with Crippen LogP contribution in [0.25, 0.3) is 11.3 Å². The molecule has 1 aliphatic rings. The van der Waals surface area contributed by atoms with E-state index in [1.54, 1.807) is 0 Å². The molecule has 3 aromatic rings. The largest absolute Gasteiger partial charge is 0.483 e. The SMILES string of the molecule is CCc1ccccc1OCC(=O)Nc1ccc(-c2ccc(N3CCCCCC3)nn2)cc1. The van der Waals surface area contributed by atoms with E-state index in [0.29, 0.717) is 0 Å². The third kappa shape index (κ3) is 5.63. The average molecular weight is 431 g/mol. The number of carbonyl (C=O) groups excluding carboxylic acids is 1. The Labute approximate surface area is 189 Å². The number of aromatic nitrogens is 2. The first kappa shape index (κ1) is 21.8. The maximum Gasteiger partial charge on any atom is 0.262 e. The molecule has 1 saturated heterocycles. The van der Waals surface area contributed by atoms with Gasteiger partial charge in [0.2, 0.25) is 0 Å². The highest BCUT2D eigenvalue weighted by Gasteiger charge is 2.12. The highest BCUT2D eigenvalue weighted by atomic mass is 16.5. The third-order valence-corrected chi connectivity index (χ3v) is 5.76. The maximum absolute atomic E-state index is 12.3. The second-order valence-corrected chi connectivity index (χ2v) is 8.05. The molecule has 6 nitrogen and oxygen atoms in total. The summed E-state index contributed by atoms with van der Waals surface area (Å²) >= 11 is 0. The molecule has 0 aliphatic carbocycles. The number of hydrogen-bond acceptors (Lipinski definition) is 5. The number of para-hydroxylation sites is 1. The molecular formula is C26H30N4O2. The monoisotopic (exact) mass is 430 g/mol. The van der Waals surface area contributed by atoms with Gasteiger partial charge >= 0.3 is 0 Å². The summed E-state index contributed by atoms with van der Waals surface area (Å²) < 4.78 is 5.69. The van der Waals surface area contributed by atoms with Crippen molar-refractivity contribution >= 4 is 17.4 Å². The molecule has 0 radical (unpaired) electrons. The Bertz CT molecular complexity index is 1010. The van der Waals surface area contributed by atoms with Gasteiger partial charge in [0, 0.05) is 24.3 Å². The van der Waals surface area contributed by atoms with Gasteiger partial charge in [-0.3, -0.25) is 4.79 Å². The van der Waals surface area contributed by atoms with Crippen LogP contribution in [-0.2, 0) is 11.2 Å². The number of carbonyl (C=O) groups is 1. The summed E-state index contributed by atoms with van der Waals surface area (Å²) in [7, 11) is 0. The lowest BCUT2D eigenvalue weighted by Crippen LogP contribution is -2.25. The zero-order chi connectivity index (χ0) is 22.2. The number of rotatable bonds is 7. The van der Waals surface area contributed by atoms with Crippen LogP contribution in [0.5, 0.6) is 5.75 Å². The summed E-state index contributed by atoms with van der Waals surface area (Å²) in [5.74, 6) is 1.51. The zero-order valence-electron chi connectivity index (χ0n) is 18.6. The van der Waals surface area contributed by atoms with Crippen molar-refractivity contribution in [2.75, 3.05) is 29.9 Å². The molecule has 1 aromatic heterocycles. The van der Waals surface area contributed by atoms with Crippen LogP contribution in [0.3, 0.4) is 0 Å². The van der Waals surface area contributed by atoms with Gasteiger partial charge in [-0.1, -0.05) is 50.1 Å². The Morgan fingerprint density at radius 2 is 1.69 bits per heavy atom. The molecule has 6 heteroatoms.